The van der Waals surface area contributed by atoms with Crippen LogP contribution in [-0.2, 0) is 15.8 Å². The highest BCUT2D eigenvalue weighted by molar-refractivity contribution is 9.10. The molecule has 4 amide bonds. The van der Waals surface area contributed by atoms with E-state index >= 15 is 0 Å². The predicted molar refractivity (Wildman–Crippen MR) is 115 cm³/mol. The second kappa shape index (κ2) is 9.33. The van der Waals surface area contributed by atoms with Crippen LogP contribution in [0.2, 0.25) is 5.02 Å². The number of nitrogens with zero attached hydrogens (tertiary/aromatic N) is 1. The molecule has 11 heteroatoms. The number of carbonyl (C=O) groups excluding carboxylic acids is 3. The van der Waals surface area contributed by atoms with Gasteiger partial charge in [0.25, 0.3) is 11.8 Å². The molecule has 0 atom stereocenters. The molecule has 0 radical (unpaired) electrons. The first-order valence-electron chi connectivity index (χ1n) is 9.23. The molecule has 0 saturated carbocycles. The van der Waals surface area contributed by atoms with Crippen LogP contribution in [0.5, 0.6) is 5.75 Å². The zero-order valence-electron chi connectivity index (χ0n) is 16.4. The van der Waals surface area contributed by atoms with Crippen LogP contribution in [-0.4, -0.2) is 24.5 Å². The lowest BCUT2D eigenvalue weighted by molar-refractivity contribution is -0.137. The number of anilines is 1. The molecule has 32 heavy (non-hydrogen) atoms. The van der Waals surface area contributed by atoms with Crippen molar-refractivity contribution in [2.75, 3.05) is 11.5 Å². The summed E-state index contributed by atoms with van der Waals surface area (Å²) in [6.07, 6.45) is -2.71. The average Bonchev–Trinajstić information content (AvgIpc) is 2.71. The van der Waals surface area contributed by atoms with Gasteiger partial charge < -0.3 is 4.74 Å². The highest BCUT2D eigenvalue weighted by Crippen LogP contribution is 2.36. The molecule has 2 aromatic rings. The van der Waals surface area contributed by atoms with E-state index in [1.165, 1.54) is 6.08 Å². The summed E-state index contributed by atoms with van der Waals surface area (Å²) in [4.78, 5) is 38.0. The SMILES string of the molecule is CCCOc1ccc(/C=C2/C(=O)NC(=O)N(c3cc(C(F)(F)F)ccc3Cl)C2=O)cc1Br. The molecule has 168 valence electrons. The Kier molecular flexibility index (Phi) is 6.94. The molecule has 0 aromatic heterocycles. The molecule has 1 aliphatic heterocycles. The van der Waals surface area contributed by atoms with Crippen LogP contribution in [0.15, 0.2) is 46.4 Å². The van der Waals surface area contributed by atoms with Crippen molar-refractivity contribution in [3.63, 3.8) is 0 Å². The Morgan fingerprint density at radius 3 is 2.50 bits per heavy atom. The fourth-order valence-electron chi connectivity index (χ4n) is 2.84. The Balaban J connectivity index is 2.00. The normalized spacial score (nSPS) is 15.9. The summed E-state index contributed by atoms with van der Waals surface area (Å²) in [7, 11) is 0. The molecule has 0 spiro atoms. The van der Waals surface area contributed by atoms with Crippen molar-refractivity contribution in [3.05, 3.63) is 62.6 Å². The minimum Gasteiger partial charge on any atom is -0.492 e. The van der Waals surface area contributed by atoms with E-state index in [9.17, 15) is 27.6 Å². The van der Waals surface area contributed by atoms with Gasteiger partial charge in [0.1, 0.15) is 11.3 Å². The van der Waals surface area contributed by atoms with Crippen molar-refractivity contribution in [1.29, 1.82) is 0 Å². The fraction of sp³-hybridized carbons (Fsp3) is 0.190. The maximum absolute atomic E-state index is 13.1. The van der Waals surface area contributed by atoms with Crippen LogP contribution in [0.1, 0.15) is 24.5 Å². The van der Waals surface area contributed by atoms with Gasteiger partial charge in [-0.3, -0.25) is 14.9 Å². The number of hydrogen-bond acceptors (Lipinski definition) is 4. The maximum atomic E-state index is 13.1. The monoisotopic (exact) mass is 530 g/mol. The summed E-state index contributed by atoms with van der Waals surface area (Å²) in [6.45, 7) is 2.44. The zero-order chi connectivity index (χ0) is 23.6. The summed E-state index contributed by atoms with van der Waals surface area (Å²) >= 11 is 9.31. The van der Waals surface area contributed by atoms with Crippen molar-refractivity contribution in [1.82, 2.24) is 5.32 Å². The van der Waals surface area contributed by atoms with E-state index in [-0.39, 0.29) is 5.02 Å². The van der Waals surface area contributed by atoms with Gasteiger partial charge in [0.15, 0.2) is 0 Å². The molecule has 0 aliphatic carbocycles. The topological polar surface area (TPSA) is 75.7 Å². The van der Waals surface area contributed by atoms with Crippen molar-refractivity contribution < 1.29 is 32.3 Å². The molecule has 6 nitrogen and oxygen atoms in total. The lowest BCUT2D eigenvalue weighted by atomic mass is 10.1. The first-order chi connectivity index (χ1) is 15.0. The Morgan fingerprint density at radius 2 is 1.88 bits per heavy atom. The molecule has 0 unspecified atom stereocenters. The van der Waals surface area contributed by atoms with Crippen LogP contribution >= 0.6 is 27.5 Å². The third-order valence-corrected chi connectivity index (χ3v) is 5.28. The standard InChI is InChI=1S/C21H15BrClF3N2O4/c1-2-7-32-17-6-3-11(9-14(17)22)8-13-18(29)27-20(31)28(19(13)30)16-10-12(21(24,25)26)4-5-15(16)23/h3-6,8-10H,2,7H2,1H3,(H,27,29,31)/b13-8-. The van der Waals surface area contributed by atoms with E-state index in [1.54, 1.807) is 18.2 Å². The first-order valence-corrected chi connectivity index (χ1v) is 10.4. The van der Waals surface area contributed by atoms with Gasteiger partial charge in [0.2, 0.25) is 0 Å². The number of urea groups is 1. The third kappa shape index (κ3) is 4.97. The van der Waals surface area contributed by atoms with Crippen molar-refractivity contribution in [2.24, 2.45) is 0 Å². The highest BCUT2D eigenvalue weighted by Gasteiger charge is 2.39. The smallest absolute Gasteiger partial charge is 0.416 e. The van der Waals surface area contributed by atoms with E-state index in [4.69, 9.17) is 16.3 Å². The molecular formula is C21H15BrClF3N2O4. The number of amides is 4. The molecule has 1 N–H and O–H groups in total. The number of rotatable bonds is 5. The fourth-order valence-corrected chi connectivity index (χ4v) is 3.55. The lowest BCUT2D eigenvalue weighted by Gasteiger charge is -2.27. The van der Waals surface area contributed by atoms with Crippen LogP contribution in [0.25, 0.3) is 6.08 Å². The minimum atomic E-state index is -4.73. The van der Waals surface area contributed by atoms with Crippen LogP contribution in [0, 0.1) is 0 Å². The Hall–Kier alpha value is -2.85. The van der Waals surface area contributed by atoms with E-state index in [0.29, 0.717) is 33.4 Å². The summed E-state index contributed by atoms with van der Waals surface area (Å²) in [5.74, 6) is -1.54. The van der Waals surface area contributed by atoms with Crippen LogP contribution in [0.3, 0.4) is 0 Å². The summed E-state index contributed by atoms with van der Waals surface area (Å²) in [5.41, 5.74) is -1.63. The second-order valence-electron chi connectivity index (χ2n) is 6.66. The maximum Gasteiger partial charge on any atom is 0.416 e. The highest BCUT2D eigenvalue weighted by atomic mass is 79.9. The van der Waals surface area contributed by atoms with Gasteiger partial charge in [0, 0.05) is 0 Å². The Morgan fingerprint density at radius 1 is 1.16 bits per heavy atom. The van der Waals surface area contributed by atoms with Crippen molar-refractivity contribution in [2.45, 2.75) is 19.5 Å². The molecular weight excluding hydrogens is 517 g/mol. The second-order valence-corrected chi connectivity index (χ2v) is 7.92. The van der Waals surface area contributed by atoms with Gasteiger partial charge in [-0.05, 0) is 64.3 Å². The van der Waals surface area contributed by atoms with Gasteiger partial charge in [-0.1, -0.05) is 24.6 Å². The lowest BCUT2D eigenvalue weighted by Crippen LogP contribution is -2.54. The minimum absolute atomic E-state index is 0.268. The molecule has 1 heterocycles. The summed E-state index contributed by atoms with van der Waals surface area (Å²) < 4.78 is 45.4. The third-order valence-electron chi connectivity index (χ3n) is 4.34. The van der Waals surface area contributed by atoms with Crippen molar-refractivity contribution in [3.8, 4) is 5.75 Å². The molecule has 3 rings (SSSR count). The van der Waals surface area contributed by atoms with Gasteiger partial charge in [-0.25, -0.2) is 9.69 Å². The largest absolute Gasteiger partial charge is 0.492 e. The Bertz CT molecular complexity index is 1130. The first kappa shape index (κ1) is 23.8. The predicted octanol–water partition coefficient (Wildman–Crippen LogP) is 5.58. The number of halogens is 5. The number of carbonyl (C=O) groups is 3. The summed E-state index contributed by atoms with van der Waals surface area (Å²) in [6, 6.07) is 5.82. The number of ether oxygens (including phenoxy) is 1. The van der Waals surface area contributed by atoms with Gasteiger partial charge in [-0.2, -0.15) is 13.2 Å². The van der Waals surface area contributed by atoms with E-state index in [0.717, 1.165) is 18.6 Å². The number of benzene rings is 2. The van der Waals surface area contributed by atoms with Gasteiger partial charge >= 0.3 is 12.2 Å². The number of barbiturate groups is 1. The number of nitrogens with one attached hydrogen (secondary N) is 1. The molecule has 1 fully saturated rings. The molecule has 1 aliphatic rings. The summed E-state index contributed by atoms with van der Waals surface area (Å²) in [5, 5.41) is 1.68. The molecule has 2 aromatic carbocycles. The van der Waals surface area contributed by atoms with Crippen LogP contribution < -0.4 is 15.0 Å². The molecule has 1 saturated heterocycles. The van der Waals surface area contributed by atoms with Crippen LogP contribution in [0.4, 0.5) is 23.7 Å². The average molecular weight is 532 g/mol. The number of hydrogen-bond donors (Lipinski definition) is 1. The zero-order valence-corrected chi connectivity index (χ0v) is 18.8. The number of alkyl halides is 3. The molecule has 0 bridgehead atoms. The van der Waals surface area contributed by atoms with E-state index in [1.807, 2.05) is 12.2 Å². The van der Waals surface area contributed by atoms with Crippen molar-refractivity contribution >= 4 is 57.1 Å². The van der Waals surface area contributed by atoms with E-state index in [2.05, 4.69) is 15.9 Å². The Labute approximate surface area is 194 Å². The van der Waals surface area contributed by atoms with Gasteiger partial charge in [0.05, 0.1) is 27.4 Å². The van der Waals surface area contributed by atoms with Gasteiger partial charge in [-0.15, -0.1) is 0 Å². The number of imide groups is 2. The van der Waals surface area contributed by atoms with E-state index < -0.39 is 40.8 Å². The quantitative estimate of drug-likeness (QED) is 0.404.